The van der Waals surface area contributed by atoms with Crippen LogP contribution in [0.1, 0.15) is 21.7 Å². The van der Waals surface area contributed by atoms with Crippen LogP contribution in [0.4, 0.5) is 0 Å². The van der Waals surface area contributed by atoms with Gasteiger partial charge in [-0.3, -0.25) is 4.79 Å². The number of nitrogens with one attached hydrogen (secondary N) is 1. The first-order valence-electron chi connectivity index (χ1n) is 7.89. The Bertz CT molecular complexity index is 769. The van der Waals surface area contributed by atoms with Crippen LogP contribution in [0.2, 0.25) is 0 Å². The van der Waals surface area contributed by atoms with E-state index in [1.165, 1.54) is 10.5 Å². The molecule has 0 radical (unpaired) electrons. The fourth-order valence-corrected chi connectivity index (χ4v) is 3.27. The maximum Gasteiger partial charge on any atom is 0.287 e. The molecule has 0 spiro atoms. The lowest BCUT2D eigenvalue weighted by molar-refractivity contribution is 0.0925. The van der Waals surface area contributed by atoms with Crippen molar-refractivity contribution in [3.63, 3.8) is 0 Å². The van der Waals surface area contributed by atoms with E-state index >= 15 is 0 Å². The molecule has 0 unspecified atom stereocenters. The second-order valence-electron chi connectivity index (χ2n) is 5.37. The Labute approximate surface area is 146 Å². The van der Waals surface area contributed by atoms with Gasteiger partial charge in [0.15, 0.2) is 5.76 Å². The van der Waals surface area contributed by atoms with E-state index in [-0.39, 0.29) is 5.91 Å². The average molecular weight is 337 g/mol. The van der Waals surface area contributed by atoms with Crippen LogP contribution in [0, 0.1) is 0 Å². The number of rotatable bonds is 7. The smallest absolute Gasteiger partial charge is 0.287 e. The van der Waals surface area contributed by atoms with Crippen LogP contribution < -0.4 is 5.32 Å². The molecule has 1 amide bonds. The second-order valence-corrected chi connectivity index (χ2v) is 6.42. The van der Waals surface area contributed by atoms with Gasteiger partial charge in [-0.2, -0.15) is 0 Å². The Morgan fingerprint density at radius 2 is 1.67 bits per heavy atom. The number of carbonyl (C=O) groups excluding carboxylic acids is 1. The van der Waals surface area contributed by atoms with Crippen LogP contribution >= 0.6 is 11.8 Å². The molecule has 0 aliphatic carbocycles. The molecule has 0 aliphatic heterocycles. The molecular formula is C20H19NO2S. The highest BCUT2D eigenvalue weighted by molar-refractivity contribution is 7.98. The van der Waals surface area contributed by atoms with Gasteiger partial charge in [0.2, 0.25) is 0 Å². The maximum atomic E-state index is 12.3. The number of carbonyl (C=O) groups is 1. The molecule has 1 heterocycles. The Kier molecular flexibility index (Phi) is 5.75. The van der Waals surface area contributed by atoms with E-state index in [0.717, 1.165) is 12.0 Å². The summed E-state index contributed by atoms with van der Waals surface area (Å²) in [5.74, 6) is 0.966. The Morgan fingerprint density at radius 1 is 0.958 bits per heavy atom. The zero-order valence-electron chi connectivity index (χ0n) is 13.3. The molecule has 1 N–H and O–H groups in total. The fourth-order valence-electron chi connectivity index (χ4n) is 2.37. The Hall–Kier alpha value is -2.46. The van der Waals surface area contributed by atoms with Gasteiger partial charge in [-0.1, -0.05) is 48.5 Å². The van der Waals surface area contributed by atoms with E-state index in [2.05, 4.69) is 29.6 Å². The van der Waals surface area contributed by atoms with Crippen LogP contribution in [0.5, 0.6) is 0 Å². The van der Waals surface area contributed by atoms with Crippen molar-refractivity contribution in [3.05, 3.63) is 89.9 Å². The van der Waals surface area contributed by atoms with E-state index in [9.17, 15) is 4.79 Å². The standard InChI is InChI=1S/C20H19NO2S/c22-20(21-13-11-16-7-3-1-4-8-16)19-17(12-14-23-19)15-24-18-9-5-2-6-10-18/h1-10,12,14H,11,13,15H2,(H,21,22). The van der Waals surface area contributed by atoms with Crippen LogP contribution in [0.25, 0.3) is 0 Å². The van der Waals surface area contributed by atoms with Gasteiger partial charge in [0.25, 0.3) is 5.91 Å². The minimum absolute atomic E-state index is 0.153. The first-order valence-corrected chi connectivity index (χ1v) is 8.88. The highest BCUT2D eigenvalue weighted by Crippen LogP contribution is 2.24. The zero-order chi connectivity index (χ0) is 16.6. The second kappa shape index (κ2) is 8.41. The normalized spacial score (nSPS) is 10.5. The number of furan rings is 1. The van der Waals surface area contributed by atoms with Gasteiger partial charge in [-0.25, -0.2) is 0 Å². The fraction of sp³-hybridized carbons (Fsp3) is 0.150. The van der Waals surface area contributed by atoms with Crippen molar-refractivity contribution in [3.8, 4) is 0 Å². The van der Waals surface area contributed by atoms with Crippen molar-refractivity contribution in [1.29, 1.82) is 0 Å². The van der Waals surface area contributed by atoms with Crippen molar-refractivity contribution < 1.29 is 9.21 Å². The maximum absolute atomic E-state index is 12.3. The summed E-state index contributed by atoms with van der Waals surface area (Å²) >= 11 is 1.69. The van der Waals surface area contributed by atoms with Crippen LogP contribution in [0.3, 0.4) is 0 Å². The average Bonchev–Trinajstić information content (AvgIpc) is 3.10. The molecule has 4 heteroatoms. The number of benzene rings is 2. The summed E-state index contributed by atoms with van der Waals surface area (Å²) in [6.45, 7) is 0.592. The van der Waals surface area contributed by atoms with Crippen molar-refractivity contribution in [2.45, 2.75) is 17.1 Å². The van der Waals surface area contributed by atoms with Gasteiger partial charge >= 0.3 is 0 Å². The third-order valence-electron chi connectivity index (χ3n) is 3.63. The summed E-state index contributed by atoms with van der Waals surface area (Å²) in [5.41, 5.74) is 2.12. The summed E-state index contributed by atoms with van der Waals surface area (Å²) in [6, 6.07) is 22.1. The van der Waals surface area contributed by atoms with Gasteiger partial charge in [0, 0.05) is 22.8 Å². The summed E-state index contributed by atoms with van der Waals surface area (Å²) in [6.07, 6.45) is 2.38. The van der Waals surface area contributed by atoms with Gasteiger partial charge in [-0.05, 0) is 30.2 Å². The largest absolute Gasteiger partial charge is 0.459 e. The van der Waals surface area contributed by atoms with Crippen molar-refractivity contribution >= 4 is 17.7 Å². The van der Waals surface area contributed by atoms with Gasteiger partial charge in [0.05, 0.1) is 6.26 Å². The van der Waals surface area contributed by atoms with E-state index in [0.29, 0.717) is 18.1 Å². The summed E-state index contributed by atoms with van der Waals surface area (Å²) in [7, 11) is 0. The molecular weight excluding hydrogens is 318 g/mol. The quantitative estimate of drug-likeness (QED) is 0.643. The number of hydrogen-bond acceptors (Lipinski definition) is 3. The minimum Gasteiger partial charge on any atom is -0.459 e. The molecule has 2 aromatic carbocycles. The molecule has 0 saturated heterocycles. The number of thioether (sulfide) groups is 1. The van der Waals surface area contributed by atoms with Crippen LogP contribution in [0.15, 0.2) is 82.3 Å². The highest BCUT2D eigenvalue weighted by Gasteiger charge is 2.15. The molecule has 0 saturated carbocycles. The molecule has 1 aromatic heterocycles. The lowest BCUT2D eigenvalue weighted by Crippen LogP contribution is -2.26. The van der Waals surface area contributed by atoms with Crippen molar-refractivity contribution in [1.82, 2.24) is 5.32 Å². The molecule has 0 aliphatic rings. The number of amides is 1. The number of hydrogen-bond donors (Lipinski definition) is 1. The third-order valence-corrected chi connectivity index (χ3v) is 4.69. The minimum atomic E-state index is -0.153. The lowest BCUT2D eigenvalue weighted by Gasteiger charge is -2.06. The monoisotopic (exact) mass is 337 g/mol. The highest BCUT2D eigenvalue weighted by atomic mass is 32.2. The molecule has 0 fully saturated rings. The molecule has 3 aromatic rings. The molecule has 0 bridgehead atoms. The summed E-state index contributed by atoms with van der Waals surface area (Å²) < 4.78 is 5.39. The summed E-state index contributed by atoms with van der Waals surface area (Å²) in [5, 5.41) is 2.93. The molecule has 24 heavy (non-hydrogen) atoms. The van der Waals surface area contributed by atoms with E-state index in [1.54, 1.807) is 18.0 Å². The Balaban J connectivity index is 1.53. The molecule has 3 nitrogen and oxygen atoms in total. The van der Waals surface area contributed by atoms with Crippen LogP contribution in [-0.2, 0) is 12.2 Å². The topological polar surface area (TPSA) is 42.2 Å². The predicted octanol–water partition coefficient (Wildman–Crippen LogP) is 4.54. The van der Waals surface area contributed by atoms with Gasteiger partial charge in [0.1, 0.15) is 0 Å². The summed E-state index contributed by atoms with van der Waals surface area (Å²) in [4.78, 5) is 13.5. The van der Waals surface area contributed by atoms with Gasteiger partial charge < -0.3 is 9.73 Å². The first kappa shape index (κ1) is 16.4. The van der Waals surface area contributed by atoms with E-state index in [4.69, 9.17) is 4.42 Å². The molecule has 0 atom stereocenters. The lowest BCUT2D eigenvalue weighted by atomic mass is 10.1. The molecule has 122 valence electrons. The van der Waals surface area contributed by atoms with E-state index < -0.39 is 0 Å². The van der Waals surface area contributed by atoms with E-state index in [1.807, 2.05) is 42.5 Å². The van der Waals surface area contributed by atoms with Crippen LogP contribution in [-0.4, -0.2) is 12.5 Å². The SMILES string of the molecule is O=C(NCCc1ccccc1)c1occc1CSc1ccccc1. The predicted molar refractivity (Wildman–Crippen MR) is 97.2 cm³/mol. The van der Waals surface area contributed by atoms with Crippen molar-refractivity contribution in [2.24, 2.45) is 0 Å². The zero-order valence-corrected chi connectivity index (χ0v) is 14.1. The Morgan fingerprint density at radius 3 is 2.42 bits per heavy atom. The third kappa shape index (κ3) is 4.52. The molecule has 3 rings (SSSR count). The van der Waals surface area contributed by atoms with Gasteiger partial charge in [-0.15, -0.1) is 11.8 Å². The first-order chi connectivity index (χ1) is 11.8. The van der Waals surface area contributed by atoms with Crippen molar-refractivity contribution in [2.75, 3.05) is 6.54 Å².